The van der Waals surface area contributed by atoms with Gasteiger partial charge in [0.15, 0.2) is 0 Å². The summed E-state index contributed by atoms with van der Waals surface area (Å²) in [4.78, 5) is 27.2. The highest BCUT2D eigenvalue weighted by Gasteiger charge is 2.57. The molecule has 0 aliphatic heterocycles. The van der Waals surface area contributed by atoms with Crippen LogP contribution >= 0.6 is 0 Å². The van der Waals surface area contributed by atoms with Crippen LogP contribution in [-0.2, 0) is 22.2 Å². The first-order chi connectivity index (χ1) is 12.2. The number of aliphatic hydroxyl groups is 1. The summed E-state index contributed by atoms with van der Waals surface area (Å²) in [6.45, 7) is 5.81. The summed E-state index contributed by atoms with van der Waals surface area (Å²) in [6, 6.07) is -1.04. The number of imidazole rings is 1. The average Bonchev–Trinajstić information content (AvgIpc) is 2.90. The first-order valence-corrected chi connectivity index (χ1v) is 8.21. The van der Waals surface area contributed by atoms with Gasteiger partial charge in [0.05, 0.1) is 0 Å². The second-order valence-electron chi connectivity index (χ2n) is 7.13. The van der Waals surface area contributed by atoms with Gasteiger partial charge in [0.25, 0.3) is 0 Å². The lowest BCUT2D eigenvalue weighted by atomic mass is 9.97. The molecule has 1 rings (SSSR count). The van der Waals surface area contributed by atoms with Crippen molar-refractivity contribution in [2.24, 2.45) is 7.05 Å². The summed E-state index contributed by atoms with van der Waals surface area (Å²) in [5, 5.41) is 14.7. The number of alkyl carbamates (subject to hydrolysis) is 1. The third kappa shape index (κ3) is 6.12. The maximum atomic E-state index is 13.4. The Morgan fingerprint density at radius 2 is 1.93 bits per heavy atom. The molecule has 11 heteroatoms. The SMILES string of the molecule is C[C@@H](NC(=O)OC(C)(C)C)C(=O)NCC[C@@](O)(c1nccn1C)C(F)(F)F. The molecule has 27 heavy (non-hydrogen) atoms. The molecule has 0 aliphatic rings. The average molecular weight is 394 g/mol. The first kappa shape index (κ1) is 22.7. The van der Waals surface area contributed by atoms with Crippen LogP contribution in [-0.4, -0.2) is 51.0 Å². The van der Waals surface area contributed by atoms with E-state index in [1.807, 2.05) is 0 Å². The van der Waals surface area contributed by atoms with E-state index in [2.05, 4.69) is 15.6 Å². The zero-order chi connectivity index (χ0) is 21.0. The molecule has 3 N–H and O–H groups in total. The molecule has 0 saturated carbocycles. The molecule has 0 saturated heterocycles. The number of hydrogen-bond acceptors (Lipinski definition) is 5. The van der Waals surface area contributed by atoms with Gasteiger partial charge in [-0.2, -0.15) is 13.2 Å². The van der Waals surface area contributed by atoms with Gasteiger partial charge >= 0.3 is 12.3 Å². The number of halogens is 3. The predicted octanol–water partition coefficient (Wildman–Crippen LogP) is 1.59. The number of carbonyl (C=O) groups is 2. The first-order valence-electron chi connectivity index (χ1n) is 8.21. The van der Waals surface area contributed by atoms with Crippen molar-refractivity contribution < 1.29 is 32.6 Å². The van der Waals surface area contributed by atoms with Crippen LogP contribution in [0.5, 0.6) is 0 Å². The maximum absolute atomic E-state index is 13.4. The van der Waals surface area contributed by atoms with Crippen molar-refractivity contribution in [2.75, 3.05) is 6.54 Å². The zero-order valence-corrected chi connectivity index (χ0v) is 15.8. The molecule has 1 aromatic heterocycles. The van der Waals surface area contributed by atoms with E-state index >= 15 is 0 Å². The second-order valence-corrected chi connectivity index (χ2v) is 7.13. The Kier molecular flexibility index (Phi) is 6.87. The number of aromatic nitrogens is 2. The lowest BCUT2D eigenvalue weighted by Gasteiger charge is -2.30. The highest BCUT2D eigenvalue weighted by Crippen LogP contribution is 2.40. The molecule has 0 spiro atoms. The fraction of sp³-hybridized carbons (Fsp3) is 0.688. The molecule has 0 unspecified atom stereocenters. The van der Waals surface area contributed by atoms with E-state index in [1.165, 1.54) is 20.2 Å². The Morgan fingerprint density at radius 3 is 2.37 bits per heavy atom. The van der Waals surface area contributed by atoms with E-state index in [0.717, 1.165) is 10.8 Å². The molecule has 2 atom stereocenters. The van der Waals surface area contributed by atoms with Gasteiger partial charge in [-0.3, -0.25) is 4.79 Å². The maximum Gasteiger partial charge on any atom is 0.424 e. The van der Waals surface area contributed by atoms with Crippen molar-refractivity contribution in [3.8, 4) is 0 Å². The highest BCUT2D eigenvalue weighted by molar-refractivity contribution is 5.85. The van der Waals surface area contributed by atoms with Crippen LogP contribution < -0.4 is 10.6 Å². The molecule has 1 aromatic rings. The van der Waals surface area contributed by atoms with E-state index in [-0.39, 0.29) is 0 Å². The number of rotatable bonds is 6. The summed E-state index contributed by atoms with van der Waals surface area (Å²) >= 11 is 0. The minimum atomic E-state index is -4.99. The number of ether oxygens (including phenoxy) is 1. The van der Waals surface area contributed by atoms with E-state index in [0.29, 0.717) is 0 Å². The van der Waals surface area contributed by atoms with E-state index < -0.39 is 54.2 Å². The van der Waals surface area contributed by atoms with Crippen LogP contribution in [0.4, 0.5) is 18.0 Å². The Morgan fingerprint density at radius 1 is 1.33 bits per heavy atom. The number of nitrogens with zero attached hydrogens (tertiary/aromatic N) is 2. The third-order valence-electron chi connectivity index (χ3n) is 3.57. The van der Waals surface area contributed by atoms with Crippen LogP contribution in [0.3, 0.4) is 0 Å². The fourth-order valence-electron chi connectivity index (χ4n) is 2.21. The van der Waals surface area contributed by atoms with Crippen molar-refractivity contribution in [1.82, 2.24) is 20.2 Å². The van der Waals surface area contributed by atoms with Crippen LogP contribution in [0.25, 0.3) is 0 Å². The third-order valence-corrected chi connectivity index (χ3v) is 3.57. The molecule has 0 fully saturated rings. The highest BCUT2D eigenvalue weighted by atomic mass is 19.4. The number of carbonyl (C=O) groups excluding carboxylic acids is 2. The number of hydrogen-bond donors (Lipinski definition) is 3. The summed E-state index contributed by atoms with van der Waals surface area (Å²) in [5.74, 6) is -1.30. The molecule has 0 aromatic carbocycles. The predicted molar refractivity (Wildman–Crippen MR) is 89.6 cm³/mol. The van der Waals surface area contributed by atoms with Crippen molar-refractivity contribution in [1.29, 1.82) is 0 Å². The lowest BCUT2D eigenvalue weighted by Crippen LogP contribution is -2.49. The van der Waals surface area contributed by atoms with Gasteiger partial charge in [0.1, 0.15) is 17.5 Å². The Bertz CT molecular complexity index is 669. The van der Waals surface area contributed by atoms with Crippen molar-refractivity contribution in [3.63, 3.8) is 0 Å². The van der Waals surface area contributed by atoms with Crippen molar-refractivity contribution >= 4 is 12.0 Å². The fourth-order valence-corrected chi connectivity index (χ4v) is 2.21. The van der Waals surface area contributed by atoms with Crippen LogP contribution in [0.1, 0.15) is 39.9 Å². The van der Waals surface area contributed by atoms with Gasteiger partial charge < -0.3 is 25.0 Å². The topological polar surface area (TPSA) is 105 Å². The van der Waals surface area contributed by atoms with Crippen LogP contribution in [0.2, 0.25) is 0 Å². The van der Waals surface area contributed by atoms with Gasteiger partial charge in [-0.25, -0.2) is 9.78 Å². The minimum absolute atomic E-state index is 0.484. The molecule has 0 aliphatic carbocycles. The van der Waals surface area contributed by atoms with Gasteiger partial charge in [-0.05, 0) is 27.7 Å². The van der Waals surface area contributed by atoms with Gasteiger partial charge in [0, 0.05) is 32.4 Å². The lowest BCUT2D eigenvalue weighted by molar-refractivity contribution is -0.272. The van der Waals surface area contributed by atoms with Crippen LogP contribution in [0.15, 0.2) is 12.4 Å². The molecular weight excluding hydrogens is 369 g/mol. The van der Waals surface area contributed by atoms with Gasteiger partial charge in [-0.15, -0.1) is 0 Å². The Hall–Kier alpha value is -2.30. The smallest absolute Gasteiger partial charge is 0.424 e. The monoisotopic (exact) mass is 394 g/mol. The summed E-state index contributed by atoms with van der Waals surface area (Å²) in [6.07, 6.45) is -4.25. The molecule has 1 heterocycles. The molecule has 2 amide bonds. The van der Waals surface area contributed by atoms with Crippen molar-refractivity contribution in [3.05, 3.63) is 18.2 Å². The molecular formula is C16H25F3N4O4. The van der Waals surface area contributed by atoms with E-state index in [4.69, 9.17) is 4.74 Å². The summed E-state index contributed by atoms with van der Waals surface area (Å²) in [7, 11) is 1.32. The number of aryl methyl sites for hydroxylation is 1. The van der Waals surface area contributed by atoms with Gasteiger partial charge in [-0.1, -0.05) is 0 Å². The molecule has 8 nitrogen and oxygen atoms in total. The van der Waals surface area contributed by atoms with E-state index in [1.54, 1.807) is 20.8 Å². The van der Waals surface area contributed by atoms with Crippen molar-refractivity contribution in [2.45, 2.75) is 57.5 Å². The zero-order valence-electron chi connectivity index (χ0n) is 15.8. The summed E-state index contributed by atoms with van der Waals surface area (Å²) in [5.41, 5.74) is -3.98. The second kappa shape index (κ2) is 8.15. The number of amides is 2. The van der Waals surface area contributed by atoms with Crippen LogP contribution in [0, 0.1) is 0 Å². The molecule has 154 valence electrons. The Labute approximate surface area is 155 Å². The van der Waals surface area contributed by atoms with Gasteiger partial charge in [0.2, 0.25) is 11.5 Å². The molecule has 0 bridgehead atoms. The molecule has 0 radical (unpaired) electrons. The minimum Gasteiger partial charge on any atom is -0.444 e. The summed E-state index contributed by atoms with van der Waals surface area (Å²) < 4.78 is 46.2. The standard InChI is InChI=1S/C16H25F3N4O4/c1-10(22-13(25)27-14(2,3)4)11(24)20-7-6-15(26,16(17,18)19)12-21-8-9-23(12)5/h8-10,26H,6-7H2,1-5H3,(H,20,24)(H,22,25)/t10-,15-/m1/s1. The normalized spacial score (nSPS) is 15.6. The number of alkyl halides is 3. The quantitative estimate of drug-likeness (QED) is 0.680. The Balaban J connectivity index is 2.67. The number of nitrogens with one attached hydrogen (secondary N) is 2. The largest absolute Gasteiger partial charge is 0.444 e. The van der Waals surface area contributed by atoms with E-state index in [9.17, 15) is 27.9 Å².